The predicted octanol–water partition coefficient (Wildman–Crippen LogP) is 3.09. The minimum atomic E-state index is -0.343. The van der Waals surface area contributed by atoms with Crippen molar-refractivity contribution in [3.05, 3.63) is 88.3 Å². The molecule has 7 nitrogen and oxygen atoms in total. The molecule has 0 atom stereocenters. The fourth-order valence-electron chi connectivity index (χ4n) is 2.95. The molecule has 0 radical (unpaired) electrons. The van der Waals surface area contributed by atoms with Crippen LogP contribution in [0.1, 0.15) is 15.9 Å². The van der Waals surface area contributed by atoms with E-state index in [2.05, 4.69) is 15.4 Å². The number of nitrogens with one attached hydrogen (secondary N) is 2. The molecule has 2 aromatic heterocycles. The molecule has 0 spiro atoms. The zero-order valence-corrected chi connectivity index (χ0v) is 15.2. The highest BCUT2D eigenvalue weighted by atomic mass is 16.5. The molecule has 0 unspecified atom stereocenters. The van der Waals surface area contributed by atoms with Gasteiger partial charge in [-0.2, -0.15) is 0 Å². The zero-order chi connectivity index (χ0) is 19.5. The molecule has 7 heteroatoms. The number of carbonyl (C=O) groups is 1. The highest BCUT2D eigenvalue weighted by Crippen LogP contribution is 2.19. The first-order valence-electron chi connectivity index (χ1n) is 8.71. The molecule has 0 fully saturated rings. The van der Waals surface area contributed by atoms with Gasteiger partial charge in [0.1, 0.15) is 5.56 Å². The van der Waals surface area contributed by atoms with Gasteiger partial charge in [-0.15, -0.1) is 0 Å². The number of benzene rings is 2. The van der Waals surface area contributed by atoms with Crippen LogP contribution in [0.5, 0.6) is 0 Å². The first-order valence-corrected chi connectivity index (χ1v) is 8.71. The maximum atomic E-state index is 12.7. The minimum absolute atomic E-state index is 0.275. The SMILES string of the molecule is COCc1ccc(-c2cc(=O)n3[nH]cc(C(=O)Nc4ccccc4)c3n2)cc1. The molecular formula is C21H18N4O3. The maximum Gasteiger partial charge on any atom is 0.273 e. The highest BCUT2D eigenvalue weighted by molar-refractivity contribution is 6.08. The predicted molar refractivity (Wildman–Crippen MR) is 106 cm³/mol. The Morgan fingerprint density at radius 1 is 1.14 bits per heavy atom. The van der Waals surface area contributed by atoms with E-state index >= 15 is 0 Å². The third kappa shape index (κ3) is 3.43. The molecule has 0 bridgehead atoms. The summed E-state index contributed by atoms with van der Waals surface area (Å²) < 4.78 is 6.37. The normalized spacial score (nSPS) is 10.9. The highest BCUT2D eigenvalue weighted by Gasteiger charge is 2.16. The molecule has 2 aromatic carbocycles. The van der Waals surface area contributed by atoms with Gasteiger partial charge in [-0.25, -0.2) is 9.50 Å². The van der Waals surface area contributed by atoms with Crippen LogP contribution in [0.3, 0.4) is 0 Å². The molecule has 2 N–H and O–H groups in total. The molecular weight excluding hydrogens is 356 g/mol. The molecule has 0 aliphatic heterocycles. The number of amides is 1. The number of aromatic nitrogens is 3. The maximum absolute atomic E-state index is 12.7. The fourth-order valence-corrected chi connectivity index (χ4v) is 2.95. The van der Waals surface area contributed by atoms with E-state index in [1.807, 2.05) is 42.5 Å². The fraction of sp³-hybridized carbons (Fsp3) is 0.0952. The Morgan fingerprint density at radius 2 is 1.89 bits per heavy atom. The van der Waals surface area contributed by atoms with Gasteiger partial charge in [0.25, 0.3) is 11.5 Å². The number of hydrogen-bond donors (Lipinski definition) is 2. The van der Waals surface area contributed by atoms with Crippen molar-refractivity contribution in [3.63, 3.8) is 0 Å². The van der Waals surface area contributed by atoms with E-state index in [0.717, 1.165) is 11.1 Å². The Kier molecular flexibility index (Phi) is 4.74. The van der Waals surface area contributed by atoms with Crippen molar-refractivity contribution in [1.29, 1.82) is 0 Å². The van der Waals surface area contributed by atoms with E-state index in [-0.39, 0.29) is 17.1 Å². The summed E-state index contributed by atoms with van der Waals surface area (Å²) in [5, 5.41) is 5.60. The van der Waals surface area contributed by atoms with Gasteiger partial charge < -0.3 is 10.1 Å². The minimum Gasteiger partial charge on any atom is -0.380 e. The summed E-state index contributed by atoms with van der Waals surface area (Å²) in [6.45, 7) is 0.511. The third-order valence-electron chi connectivity index (χ3n) is 4.33. The number of nitrogens with zero attached hydrogens (tertiary/aromatic N) is 2. The van der Waals surface area contributed by atoms with Crippen LogP contribution < -0.4 is 10.9 Å². The van der Waals surface area contributed by atoms with Gasteiger partial charge in [0.15, 0.2) is 5.65 Å². The number of rotatable bonds is 5. The number of hydrogen-bond acceptors (Lipinski definition) is 4. The molecule has 0 aliphatic carbocycles. The van der Waals surface area contributed by atoms with E-state index in [4.69, 9.17) is 4.74 Å². The number of methoxy groups -OCH3 is 1. The van der Waals surface area contributed by atoms with Gasteiger partial charge in [-0.1, -0.05) is 42.5 Å². The Hall–Kier alpha value is -3.71. The summed E-state index contributed by atoms with van der Waals surface area (Å²) in [6, 6.07) is 18.1. The van der Waals surface area contributed by atoms with Gasteiger partial charge >= 0.3 is 0 Å². The summed E-state index contributed by atoms with van der Waals surface area (Å²) in [6.07, 6.45) is 1.48. The molecule has 4 aromatic rings. The summed E-state index contributed by atoms with van der Waals surface area (Å²) in [5.74, 6) is -0.343. The van der Waals surface area contributed by atoms with Crippen molar-refractivity contribution in [2.45, 2.75) is 6.61 Å². The van der Waals surface area contributed by atoms with Crippen molar-refractivity contribution in [1.82, 2.24) is 14.6 Å². The Balaban J connectivity index is 1.72. The Labute approximate surface area is 160 Å². The number of para-hydroxylation sites is 1. The van der Waals surface area contributed by atoms with Crippen molar-refractivity contribution < 1.29 is 9.53 Å². The van der Waals surface area contributed by atoms with E-state index < -0.39 is 0 Å². The largest absolute Gasteiger partial charge is 0.380 e. The smallest absolute Gasteiger partial charge is 0.273 e. The molecule has 2 heterocycles. The van der Waals surface area contributed by atoms with Crippen LogP contribution in [-0.2, 0) is 11.3 Å². The molecule has 4 rings (SSSR count). The molecule has 1 amide bonds. The lowest BCUT2D eigenvalue weighted by Crippen LogP contribution is -2.16. The number of fused-ring (bicyclic) bond motifs is 1. The lowest BCUT2D eigenvalue weighted by atomic mass is 10.1. The number of carbonyl (C=O) groups excluding carboxylic acids is 1. The lowest BCUT2D eigenvalue weighted by Gasteiger charge is -2.05. The van der Waals surface area contributed by atoms with Crippen LogP contribution in [0.15, 0.2) is 71.7 Å². The van der Waals surface area contributed by atoms with Crippen molar-refractivity contribution in [3.8, 4) is 11.3 Å². The quantitative estimate of drug-likeness (QED) is 0.562. The Bertz CT molecular complexity index is 1180. The monoisotopic (exact) mass is 374 g/mol. The van der Waals surface area contributed by atoms with Crippen molar-refractivity contribution in [2.75, 3.05) is 12.4 Å². The van der Waals surface area contributed by atoms with E-state index in [1.165, 1.54) is 16.8 Å². The summed E-state index contributed by atoms with van der Waals surface area (Å²) >= 11 is 0. The first-order chi connectivity index (χ1) is 13.7. The summed E-state index contributed by atoms with van der Waals surface area (Å²) in [7, 11) is 1.64. The number of H-pyrrole nitrogens is 1. The second-order valence-electron chi connectivity index (χ2n) is 6.28. The second kappa shape index (κ2) is 7.50. The van der Waals surface area contributed by atoms with Crippen LogP contribution in [0.25, 0.3) is 16.9 Å². The van der Waals surface area contributed by atoms with Gasteiger partial charge in [-0.05, 0) is 17.7 Å². The van der Waals surface area contributed by atoms with Gasteiger partial charge in [0.2, 0.25) is 0 Å². The number of ether oxygens (including phenoxy) is 1. The topological polar surface area (TPSA) is 88.5 Å². The van der Waals surface area contributed by atoms with Gasteiger partial charge in [-0.3, -0.25) is 14.7 Å². The van der Waals surface area contributed by atoms with Crippen LogP contribution >= 0.6 is 0 Å². The van der Waals surface area contributed by atoms with Crippen molar-refractivity contribution >= 4 is 17.2 Å². The van der Waals surface area contributed by atoms with Crippen molar-refractivity contribution in [2.24, 2.45) is 0 Å². The number of aromatic amines is 1. The van der Waals surface area contributed by atoms with Crippen LogP contribution in [0.2, 0.25) is 0 Å². The third-order valence-corrected chi connectivity index (χ3v) is 4.33. The van der Waals surface area contributed by atoms with Gasteiger partial charge in [0, 0.05) is 30.6 Å². The molecule has 0 aliphatic rings. The van der Waals surface area contributed by atoms with E-state index in [9.17, 15) is 9.59 Å². The summed E-state index contributed by atoms with van der Waals surface area (Å²) in [5.41, 5.74) is 3.25. The Morgan fingerprint density at radius 3 is 2.61 bits per heavy atom. The standard InChI is InChI=1S/C21H18N4O3/c1-28-13-14-7-9-15(10-8-14)18-11-19(26)25-20(24-18)17(12-22-25)21(27)23-16-5-3-2-4-6-16/h2-12,22H,13H2,1H3,(H,23,27). The van der Waals surface area contributed by atoms with Crippen LogP contribution in [0, 0.1) is 0 Å². The van der Waals surface area contributed by atoms with E-state index in [1.54, 1.807) is 19.2 Å². The van der Waals surface area contributed by atoms with Crippen LogP contribution in [0.4, 0.5) is 5.69 Å². The van der Waals surface area contributed by atoms with Crippen LogP contribution in [-0.4, -0.2) is 27.6 Å². The molecule has 140 valence electrons. The average molecular weight is 374 g/mol. The summed E-state index contributed by atoms with van der Waals surface area (Å²) in [4.78, 5) is 29.7. The van der Waals surface area contributed by atoms with Gasteiger partial charge in [0.05, 0.1) is 12.3 Å². The second-order valence-corrected chi connectivity index (χ2v) is 6.28. The van der Waals surface area contributed by atoms with E-state index in [0.29, 0.717) is 23.6 Å². The molecule has 0 saturated carbocycles. The first kappa shape index (κ1) is 17.7. The average Bonchev–Trinajstić information content (AvgIpc) is 3.14. The molecule has 0 saturated heterocycles. The lowest BCUT2D eigenvalue weighted by molar-refractivity contribution is 0.102. The molecule has 28 heavy (non-hydrogen) atoms. The zero-order valence-electron chi connectivity index (χ0n) is 15.2. The number of anilines is 1.